The van der Waals surface area contributed by atoms with E-state index in [0.29, 0.717) is 0 Å². The Bertz CT molecular complexity index is 366. The fourth-order valence-corrected chi connectivity index (χ4v) is 1.88. The van der Waals surface area contributed by atoms with Crippen molar-refractivity contribution in [3.8, 4) is 5.75 Å². The number of hydrogen-bond acceptors (Lipinski definition) is 3. The highest BCUT2D eigenvalue weighted by atomic mass is 19.1. The lowest BCUT2D eigenvalue weighted by Gasteiger charge is -2.16. The summed E-state index contributed by atoms with van der Waals surface area (Å²) >= 11 is 0. The van der Waals surface area contributed by atoms with Crippen LogP contribution in [-0.4, -0.2) is 7.11 Å². The van der Waals surface area contributed by atoms with Gasteiger partial charge in [-0.3, -0.25) is 11.3 Å². The van der Waals surface area contributed by atoms with E-state index in [-0.39, 0.29) is 17.6 Å². The van der Waals surface area contributed by atoms with E-state index in [1.54, 1.807) is 12.1 Å². The maximum absolute atomic E-state index is 13.2. The lowest BCUT2D eigenvalue weighted by atomic mass is 10.0. The van der Waals surface area contributed by atoms with Gasteiger partial charge in [0.25, 0.3) is 0 Å². The number of benzene rings is 1. The van der Waals surface area contributed by atoms with Crippen molar-refractivity contribution in [1.29, 1.82) is 0 Å². The van der Waals surface area contributed by atoms with Crippen LogP contribution in [0.3, 0.4) is 0 Å². The molecule has 3 nitrogen and oxygen atoms in total. The molecule has 16 heavy (non-hydrogen) atoms. The molecule has 1 saturated carbocycles. The van der Waals surface area contributed by atoms with Gasteiger partial charge in [0, 0.05) is 6.04 Å². The lowest BCUT2D eigenvalue weighted by Crippen LogP contribution is -2.28. The molecule has 1 aromatic rings. The van der Waals surface area contributed by atoms with E-state index in [1.165, 1.54) is 26.0 Å². The first-order valence-electron chi connectivity index (χ1n) is 5.54. The largest absolute Gasteiger partial charge is 0.494 e. The normalized spacial score (nSPS) is 17.2. The second-order valence-corrected chi connectivity index (χ2v) is 4.29. The van der Waals surface area contributed by atoms with Gasteiger partial charge in [-0.25, -0.2) is 4.39 Å². The molecule has 3 N–H and O–H groups in total. The summed E-state index contributed by atoms with van der Waals surface area (Å²) in [6.07, 6.45) is 3.55. The second kappa shape index (κ2) is 4.80. The van der Waals surface area contributed by atoms with E-state index in [1.807, 2.05) is 0 Å². The van der Waals surface area contributed by atoms with Crippen LogP contribution in [-0.2, 0) is 0 Å². The zero-order valence-electron chi connectivity index (χ0n) is 9.37. The molecule has 1 aliphatic rings. The Labute approximate surface area is 94.8 Å². The molecule has 0 saturated heterocycles. The van der Waals surface area contributed by atoms with Crippen molar-refractivity contribution >= 4 is 0 Å². The highest BCUT2D eigenvalue weighted by molar-refractivity contribution is 5.32. The van der Waals surface area contributed by atoms with Gasteiger partial charge < -0.3 is 4.74 Å². The van der Waals surface area contributed by atoms with Crippen LogP contribution in [0.5, 0.6) is 5.75 Å². The minimum Gasteiger partial charge on any atom is -0.494 e. The number of ether oxygens (including phenoxy) is 1. The SMILES string of the molecule is COc1cc(C(CC2CC2)NN)ccc1F. The molecule has 0 amide bonds. The first-order valence-corrected chi connectivity index (χ1v) is 5.54. The Morgan fingerprint density at radius 3 is 2.88 bits per heavy atom. The Kier molecular flexibility index (Phi) is 3.41. The number of nitrogens with one attached hydrogen (secondary N) is 1. The van der Waals surface area contributed by atoms with Crippen LogP contribution in [0.25, 0.3) is 0 Å². The van der Waals surface area contributed by atoms with Crippen LogP contribution in [0.2, 0.25) is 0 Å². The molecule has 4 heteroatoms. The Balaban J connectivity index is 2.16. The summed E-state index contributed by atoms with van der Waals surface area (Å²) in [6.45, 7) is 0. The van der Waals surface area contributed by atoms with Gasteiger partial charge in [-0.1, -0.05) is 18.9 Å². The molecule has 2 rings (SSSR count). The van der Waals surface area contributed by atoms with Crippen molar-refractivity contribution in [1.82, 2.24) is 5.43 Å². The van der Waals surface area contributed by atoms with E-state index >= 15 is 0 Å². The Hall–Kier alpha value is -1.13. The molecule has 0 heterocycles. The van der Waals surface area contributed by atoms with Gasteiger partial charge in [0.1, 0.15) is 0 Å². The molecule has 88 valence electrons. The quantitative estimate of drug-likeness (QED) is 0.595. The summed E-state index contributed by atoms with van der Waals surface area (Å²) in [4.78, 5) is 0. The van der Waals surface area contributed by atoms with Gasteiger partial charge in [-0.05, 0) is 30.0 Å². The van der Waals surface area contributed by atoms with Crippen molar-refractivity contribution in [2.45, 2.75) is 25.3 Å². The van der Waals surface area contributed by atoms with Gasteiger partial charge >= 0.3 is 0 Å². The third-order valence-electron chi connectivity index (χ3n) is 3.04. The van der Waals surface area contributed by atoms with Crippen molar-refractivity contribution in [2.24, 2.45) is 11.8 Å². The van der Waals surface area contributed by atoms with Crippen LogP contribution in [0.1, 0.15) is 30.9 Å². The third kappa shape index (κ3) is 2.51. The summed E-state index contributed by atoms with van der Waals surface area (Å²) in [5.41, 5.74) is 3.76. The molecular formula is C12H17FN2O. The van der Waals surface area contributed by atoms with Crippen LogP contribution in [0, 0.1) is 11.7 Å². The number of hydrazine groups is 1. The second-order valence-electron chi connectivity index (χ2n) is 4.29. The molecule has 0 radical (unpaired) electrons. The fourth-order valence-electron chi connectivity index (χ4n) is 1.88. The highest BCUT2D eigenvalue weighted by Crippen LogP contribution is 2.38. The summed E-state index contributed by atoms with van der Waals surface area (Å²) < 4.78 is 18.2. The van der Waals surface area contributed by atoms with Crippen molar-refractivity contribution < 1.29 is 9.13 Å². The van der Waals surface area contributed by atoms with Gasteiger partial charge in [0.2, 0.25) is 0 Å². The molecule has 0 bridgehead atoms. The van der Waals surface area contributed by atoms with Crippen molar-refractivity contribution in [3.05, 3.63) is 29.6 Å². The van der Waals surface area contributed by atoms with Crippen LogP contribution >= 0.6 is 0 Å². The van der Waals surface area contributed by atoms with Gasteiger partial charge in [-0.15, -0.1) is 0 Å². The number of nitrogens with two attached hydrogens (primary N) is 1. The van der Waals surface area contributed by atoms with Crippen molar-refractivity contribution in [2.75, 3.05) is 7.11 Å². The van der Waals surface area contributed by atoms with E-state index < -0.39 is 0 Å². The maximum Gasteiger partial charge on any atom is 0.165 e. The third-order valence-corrected chi connectivity index (χ3v) is 3.04. The first-order chi connectivity index (χ1) is 7.74. The average molecular weight is 224 g/mol. The molecule has 1 fully saturated rings. The zero-order chi connectivity index (χ0) is 11.5. The monoisotopic (exact) mass is 224 g/mol. The van der Waals surface area contributed by atoms with Gasteiger partial charge in [-0.2, -0.15) is 0 Å². The summed E-state index contributed by atoms with van der Waals surface area (Å²) in [5, 5.41) is 0. The molecule has 1 atom stereocenters. The zero-order valence-corrected chi connectivity index (χ0v) is 9.37. The van der Waals surface area contributed by atoms with Crippen LogP contribution in [0.4, 0.5) is 4.39 Å². The number of rotatable bonds is 5. The van der Waals surface area contributed by atoms with Crippen LogP contribution < -0.4 is 16.0 Å². The first kappa shape index (κ1) is 11.4. The predicted molar refractivity (Wildman–Crippen MR) is 60.4 cm³/mol. The van der Waals surface area contributed by atoms with E-state index in [4.69, 9.17) is 10.6 Å². The Morgan fingerprint density at radius 2 is 2.31 bits per heavy atom. The minimum absolute atomic E-state index is 0.0852. The number of methoxy groups -OCH3 is 1. The molecule has 0 aliphatic heterocycles. The predicted octanol–water partition coefficient (Wildman–Crippen LogP) is 2.14. The fraction of sp³-hybridized carbons (Fsp3) is 0.500. The maximum atomic E-state index is 13.2. The van der Waals surface area contributed by atoms with E-state index in [2.05, 4.69) is 5.43 Å². The minimum atomic E-state index is -0.339. The average Bonchev–Trinajstić information content (AvgIpc) is 3.11. The van der Waals surface area contributed by atoms with E-state index in [9.17, 15) is 4.39 Å². The summed E-state index contributed by atoms with van der Waals surface area (Å²) in [7, 11) is 1.47. The summed E-state index contributed by atoms with van der Waals surface area (Å²) in [5.74, 6) is 6.22. The van der Waals surface area contributed by atoms with Gasteiger partial charge in [0.05, 0.1) is 7.11 Å². The van der Waals surface area contributed by atoms with E-state index in [0.717, 1.165) is 17.9 Å². The molecular weight excluding hydrogens is 207 g/mol. The van der Waals surface area contributed by atoms with Crippen molar-refractivity contribution in [3.63, 3.8) is 0 Å². The van der Waals surface area contributed by atoms with Crippen LogP contribution in [0.15, 0.2) is 18.2 Å². The Morgan fingerprint density at radius 1 is 1.56 bits per heavy atom. The molecule has 1 aromatic carbocycles. The standard InChI is InChI=1S/C12H17FN2O/c1-16-12-7-9(4-5-10(12)13)11(15-14)6-8-2-3-8/h4-5,7-8,11,15H,2-3,6,14H2,1H3. The smallest absolute Gasteiger partial charge is 0.165 e. The molecule has 1 aliphatic carbocycles. The molecule has 0 spiro atoms. The van der Waals surface area contributed by atoms with Gasteiger partial charge in [0.15, 0.2) is 11.6 Å². The number of hydrogen-bond donors (Lipinski definition) is 2. The summed E-state index contributed by atoms with van der Waals surface area (Å²) in [6, 6.07) is 4.97. The molecule has 0 aromatic heterocycles. The highest BCUT2D eigenvalue weighted by Gasteiger charge is 2.26. The topological polar surface area (TPSA) is 47.3 Å². The number of halogens is 1. The molecule has 1 unspecified atom stereocenters. The lowest BCUT2D eigenvalue weighted by molar-refractivity contribution is 0.384.